The van der Waals surface area contributed by atoms with Crippen LogP contribution in [-0.4, -0.2) is 62.9 Å². The first kappa shape index (κ1) is 18.6. The molecule has 28 heavy (non-hydrogen) atoms. The second kappa shape index (κ2) is 8.10. The zero-order valence-corrected chi connectivity index (χ0v) is 16.4. The van der Waals surface area contributed by atoms with E-state index in [0.29, 0.717) is 38.6 Å². The second-order valence-electron chi connectivity index (χ2n) is 7.04. The molecule has 0 bridgehead atoms. The lowest BCUT2D eigenvalue weighted by atomic mass is 9.88. The van der Waals surface area contributed by atoms with E-state index in [9.17, 15) is 4.79 Å². The molecular weight excluding hydrogens is 356 g/mol. The lowest BCUT2D eigenvalue weighted by Crippen LogP contribution is -2.51. The summed E-state index contributed by atoms with van der Waals surface area (Å²) in [6, 6.07) is 14.2. The number of carbonyl (C=O) groups is 1. The molecule has 1 atom stereocenters. The molecule has 6 nitrogen and oxygen atoms in total. The number of nitrogens with zero attached hydrogens (tertiary/aromatic N) is 2. The minimum atomic E-state index is -0.153. The van der Waals surface area contributed by atoms with E-state index >= 15 is 0 Å². The van der Waals surface area contributed by atoms with E-state index in [4.69, 9.17) is 14.2 Å². The maximum Gasteiger partial charge on any atom is 0.320 e. The normalized spacial score (nSPS) is 19.1. The van der Waals surface area contributed by atoms with Gasteiger partial charge in [-0.15, -0.1) is 0 Å². The van der Waals surface area contributed by atoms with Crippen LogP contribution in [0, 0.1) is 0 Å². The Morgan fingerprint density at radius 3 is 2.36 bits per heavy atom. The minimum absolute atomic E-state index is 0.0672. The highest BCUT2D eigenvalue weighted by Crippen LogP contribution is 2.41. The van der Waals surface area contributed by atoms with Crippen LogP contribution >= 0.6 is 0 Å². The quantitative estimate of drug-likeness (QED) is 0.819. The van der Waals surface area contributed by atoms with Gasteiger partial charge in [0, 0.05) is 19.6 Å². The van der Waals surface area contributed by atoms with Crippen molar-refractivity contribution in [1.29, 1.82) is 0 Å². The molecule has 0 radical (unpaired) electrons. The smallest absolute Gasteiger partial charge is 0.320 e. The molecule has 6 heteroatoms. The summed E-state index contributed by atoms with van der Waals surface area (Å²) in [4.78, 5) is 17.2. The van der Waals surface area contributed by atoms with E-state index in [1.165, 1.54) is 5.56 Å². The van der Waals surface area contributed by atoms with Crippen LogP contribution in [0.5, 0.6) is 11.5 Å². The number of methoxy groups -OCH3 is 2. The largest absolute Gasteiger partial charge is 0.493 e. The molecule has 0 saturated carbocycles. The van der Waals surface area contributed by atoms with E-state index < -0.39 is 0 Å². The zero-order valence-electron chi connectivity index (χ0n) is 16.4. The highest BCUT2D eigenvalue weighted by atomic mass is 16.5. The standard InChI is InChI=1S/C22H26N2O4/c1-26-19-14-17-8-9-24(22(25)23-10-12-28-13-11-23)21(16-6-4-3-5-7-16)18(17)15-20(19)27-2/h3-7,14-15,21H,8-13H2,1-2H3. The molecule has 1 fully saturated rings. The van der Waals surface area contributed by atoms with Crippen LogP contribution in [0.3, 0.4) is 0 Å². The third-order valence-corrected chi connectivity index (χ3v) is 5.52. The molecule has 0 spiro atoms. The summed E-state index contributed by atoms with van der Waals surface area (Å²) in [6.45, 7) is 3.12. The molecule has 0 aromatic heterocycles. The Morgan fingerprint density at radius 2 is 1.68 bits per heavy atom. The van der Waals surface area contributed by atoms with Crippen LogP contribution < -0.4 is 9.47 Å². The Kier molecular flexibility index (Phi) is 5.39. The van der Waals surface area contributed by atoms with Gasteiger partial charge in [-0.25, -0.2) is 4.79 Å². The average Bonchev–Trinajstić information content (AvgIpc) is 2.77. The number of urea groups is 1. The van der Waals surface area contributed by atoms with E-state index in [1.54, 1.807) is 14.2 Å². The van der Waals surface area contributed by atoms with E-state index in [2.05, 4.69) is 12.1 Å². The molecule has 2 aromatic carbocycles. The van der Waals surface area contributed by atoms with Crippen molar-refractivity contribution in [2.24, 2.45) is 0 Å². The summed E-state index contributed by atoms with van der Waals surface area (Å²) >= 11 is 0. The van der Waals surface area contributed by atoms with Crippen molar-refractivity contribution >= 4 is 6.03 Å². The predicted octanol–water partition coefficient (Wildman–Crippen LogP) is 3.10. The molecule has 0 N–H and O–H groups in total. The van der Waals surface area contributed by atoms with Crippen molar-refractivity contribution in [3.05, 3.63) is 59.2 Å². The van der Waals surface area contributed by atoms with Gasteiger partial charge in [-0.3, -0.25) is 0 Å². The molecule has 2 amide bonds. The van der Waals surface area contributed by atoms with Crippen molar-refractivity contribution in [3.63, 3.8) is 0 Å². The number of amides is 2. The fourth-order valence-corrected chi connectivity index (χ4v) is 4.08. The summed E-state index contributed by atoms with van der Waals surface area (Å²) in [5, 5.41) is 0. The van der Waals surface area contributed by atoms with Crippen molar-refractivity contribution in [1.82, 2.24) is 9.80 Å². The summed E-state index contributed by atoms with van der Waals surface area (Å²) < 4.78 is 16.4. The highest BCUT2D eigenvalue weighted by Gasteiger charge is 2.35. The van der Waals surface area contributed by atoms with Crippen molar-refractivity contribution in [3.8, 4) is 11.5 Å². The first-order chi connectivity index (χ1) is 13.7. The van der Waals surface area contributed by atoms with Crippen LogP contribution in [0.25, 0.3) is 0 Å². The molecule has 2 aromatic rings. The number of hydrogen-bond donors (Lipinski definition) is 0. The summed E-state index contributed by atoms with van der Waals surface area (Å²) in [5.41, 5.74) is 3.38. The van der Waals surface area contributed by atoms with Crippen LogP contribution in [-0.2, 0) is 11.2 Å². The van der Waals surface area contributed by atoms with Gasteiger partial charge in [0.15, 0.2) is 11.5 Å². The van der Waals surface area contributed by atoms with Crippen LogP contribution in [0.4, 0.5) is 4.79 Å². The Labute approximate surface area is 165 Å². The number of morpholine rings is 1. The van der Waals surface area contributed by atoms with Gasteiger partial charge in [-0.1, -0.05) is 30.3 Å². The summed E-state index contributed by atoms with van der Waals surface area (Å²) in [6.07, 6.45) is 0.787. The van der Waals surface area contributed by atoms with Gasteiger partial charge in [0.1, 0.15) is 0 Å². The molecule has 0 aliphatic carbocycles. The minimum Gasteiger partial charge on any atom is -0.493 e. The van der Waals surface area contributed by atoms with Gasteiger partial charge >= 0.3 is 6.03 Å². The first-order valence-electron chi connectivity index (χ1n) is 9.66. The Bertz CT molecular complexity index is 834. The summed E-state index contributed by atoms with van der Waals surface area (Å²) in [7, 11) is 3.29. The molecule has 2 aliphatic rings. The predicted molar refractivity (Wildman–Crippen MR) is 106 cm³/mol. The number of carbonyl (C=O) groups excluding carboxylic acids is 1. The van der Waals surface area contributed by atoms with Crippen LogP contribution in [0.2, 0.25) is 0 Å². The van der Waals surface area contributed by atoms with Gasteiger partial charge in [0.05, 0.1) is 33.5 Å². The van der Waals surface area contributed by atoms with Crippen molar-refractivity contribution in [2.75, 3.05) is 47.1 Å². The van der Waals surface area contributed by atoms with E-state index in [0.717, 1.165) is 23.3 Å². The van der Waals surface area contributed by atoms with Gasteiger partial charge < -0.3 is 24.0 Å². The van der Waals surface area contributed by atoms with Gasteiger partial charge in [0.25, 0.3) is 0 Å². The highest BCUT2D eigenvalue weighted by molar-refractivity contribution is 5.76. The number of rotatable bonds is 3. The van der Waals surface area contributed by atoms with Crippen LogP contribution in [0.1, 0.15) is 22.7 Å². The fraction of sp³-hybridized carbons (Fsp3) is 0.409. The monoisotopic (exact) mass is 382 g/mol. The molecular formula is C22H26N2O4. The maximum absolute atomic E-state index is 13.4. The third-order valence-electron chi connectivity index (χ3n) is 5.52. The molecule has 2 heterocycles. The third kappa shape index (κ3) is 3.40. The molecule has 1 unspecified atom stereocenters. The van der Waals surface area contributed by atoms with Crippen LogP contribution in [0.15, 0.2) is 42.5 Å². The molecule has 1 saturated heterocycles. The topological polar surface area (TPSA) is 51.2 Å². The van der Waals surface area contributed by atoms with E-state index in [1.807, 2.05) is 40.1 Å². The Balaban J connectivity index is 1.77. The van der Waals surface area contributed by atoms with Crippen molar-refractivity contribution in [2.45, 2.75) is 12.5 Å². The second-order valence-corrected chi connectivity index (χ2v) is 7.04. The number of fused-ring (bicyclic) bond motifs is 1. The van der Waals surface area contributed by atoms with Gasteiger partial charge in [-0.2, -0.15) is 0 Å². The van der Waals surface area contributed by atoms with Crippen molar-refractivity contribution < 1.29 is 19.0 Å². The number of hydrogen-bond acceptors (Lipinski definition) is 4. The SMILES string of the molecule is COc1cc2c(cc1OC)C(c1ccccc1)N(C(=O)N1CCOCC1)CC2. The first-order valence-corrected chi connectivity index (χ1v) is 9.66. The Morgan fingerprint density at radius 1 is 1.00 bits per heavy atom. The number of benzene rings is 2. The summed E-state index contributed by atoms with van der Waals surface area (Å²) in [5.74, 6) is 1.41. The maximum atomic E-state index is 13.4. The lowest BCUT2D eigenvalue weighted by Gasteiger charge is -2.41. The van der Waals surface area contributed by atoms with Gasteiger partial charge in [-0.05, 0) is 35.2 Å². The van der Waals surface area contributed by atoms with Gasteiger partial charge in [0.2, 0.25) is 0 Å². The van der Waals surface area contributed by atoms with E-state index in [-0.39, 0.29) is 12.1 Å². The molecule has 2 aliphatic heterocycles. The zero-order chi connectivity index (χ0) is 19.5. The lowest BCUT2D eigenvalue weighted by molar-refractivity contribution is 0.0400. The molecule has 148 valence electrons. The number of ether oxygens (including phenoxy) is 3. The average molecular weight is 382 g/mol. The Hall–Kier alpha value is -2.73. The fourth-order valence-electron chi connectivity index (χ4n) is 4.08. The molecule has 4 rings (SSSR count).